The van der Waals surface area contributed by atoms with Gasteiger partial charge in [0.2, 0.25) is 0 Å². The number of nitrogens with zero attached hydrogens (tertiary/aromatic N) is 1. The Hall–Kier alpha value is -0.780. The first kappa shape index (κ1) is 15.1. The van der Waals surface area contributed by atoms with E-state index < -0.39 is 0 Å². The summed E-state index contributed by atoms with van der Waals surface area (Å²) in [5.41, 5.74) is 2.01. The molecule has 2 heterocycles. The van der Waals surface area contributed by atoms with Crippen LogP contribution < -0.4 is 5.32 Å². The normalized spacial score (nSPS) is 23.6. The molecule has 1 saturated heterocycles. The third-order valence-electron chi connectivity index (χ3n) is 3.96. The van der Waals surface area contributed by atoms with Gasteiger partial charge in [-0.05, 0) is 58.6 Å². The quantitative estimate of drug-likeness (QED) is 0.825. The third kappa shape index (κ3) is 3.05. The zero-order valence-electron chi connectivity index (χ0n) is 13.2. The summed E-state index contributed by atoms with van der Waals surface area (Å²) in [6, 6.07) is 6.74. The van der Waals surface area contributed by atoms with Crippen molar-refractivity contribution in [1.82, 2.24) is 4.98 Å². The molecule has 3 rings (SSSR count). The van der Waals surface area contributed by atoms with Gasteiger partial charge in [0, 0.05) is 5.69 Å². The van der Waals surface area contributed by atoms with Gasteiger partial charge in [-0.2, -0.15) is 0 Å². The molecule has 21 heavy (non-hydrogen) atoms. The Balaban J connectivity index is 1.84. The lowest BCUT2D eigenvalue weighted by molar-refractivity contribution is -0.0662. The van der Waals surface area contributed by atoms with Crippen LogP contribution in [0.25, 0.3) is 10.2 Å². The van der Waals surface area contributed by atoms with Gasteiger partial charge in [0.25, 0.3) is 0 Å². The van der Waals surface area contributed by atoms with Crippen molar-refractivity contribution < 1.29 is 4.74 Å². The van der Waals surface area contributed by atoms with Crippen molar-refractivity contribution in [3.8, 4) is 0 Å². The van der Waals surface area contributed by atoms with Gasteiger partial charge < -0.3 is 10.1 Å². The van der Waals surface area contributed by atoms with Crippen molar-refractivity contribution in [2.24, 2.45) is 0 Å². The Morgan fingerprint density at radius 1 is 1.33 bits per heavy atom. The number of thiazole rings is 1. The molecule has 1 unspecified atom stereocenters. The fraction of sp³-hybridized carbons (Fsp3) is 0.562. The van der Waals surface area contributed by atoms with Gasteiger partial charge in [-0.1, -0.05) is 11.8 Å². The van der Waals surface area contributed by atoms with Gasteiger partial charge in [0.1, 0.15) is 0 Å². The Labute approximate surface area is 134 Å². The van der Waals surface area contributed by atoms with E-state index in [4.69, 9.17) is 4.74 Å². The summed E-state index contributed by atoms with van der Waals surface area (Å²) in [5.74, 6) is 0. The Morgan fingerprint density at radius 2 is 2.10 bits per heavy atom. The molecule has 1 aromatic heterocycles. The maximum atomic E-state index is 6.15. The van der Waals surface area contributed by atoms with E-state index in [1.54, 1.807) is 23.1 Å². The smallest absolute Gasteiger partial charge is 0.150 e. The standard InChI is InChI=1S/C16H22N2OS2/c1-15(2)9-13(16(3,4)19-15)17-10-6-7-11-12(8-10)21-14(18-11)20-5/h6-8,13,17H,9H2,1-5H3. The number of hydrogen-bond acceptors (Lipinski definition) is 5. The number of aromatic nitrogens is 1. The van der Waals surface area contributed by atoms with Gasteiger partial charge in [0.15, 0.2) is 4.34 Å². The summed E-state index contributed by atoms with van der Waals surface area (Å²) in [6.45, 7) is 8.65. The van der Waals surface area contributed by atoms with Crippen LogP contribution in [0.3, 0.4) is 0 Å². The molecule has 1 N–H and O–H groups in total. The highest BCUT2D eigenvalue weighted by atomic mass is 32.2. The molecular formula is C16H22N2OS2. The molecule has 1 atom stereocenters. The van der Waals surface area contributed by atoms with Crippen LogP contribution in [-0.2, 0) is 4.74 Å². The average molecular weight is 322 g/mol. The van der Waals surface area contributed by atoms with E-state index in [0.717, 1.165) is 22.0 Å². The third-order valence-corrected chi connectivity index (χ3v) is 5.96. The lowest BCUT2D eigenvalue weighted by Gasteiger charge is -2.28. The average Bonchev–Trinajstić information content (AvgIpc) is 2.86. The van der Waals surface area contributed by atoms with Crippen LogP contribution in [0.2, 0.25) is 0 Å². The first-order valence-corrected chi connectivity index (χ1v) is 9.24. The highest BCUT2D eigenvalue weighted by Gasteiger charge is 2.45. The predicted molar refractivity (Wildman–Crippen MR) is 92.7 cm³/mol. The van der Waals surface area contributed by atoms with E-state index >= 15 is 0 Å². The number of hydrogen-bond donors (Lipinski definition) is 1. The zero-order chi connectivity index (χ0) is 15.3. The molecular weight excluding hydrogens is 300 g/mol. The highest BCUT2D eigenvalue weighted by Crippen LogP contribution is 2.39. The maximum Gasteiger partial charge on any atom is 0.150 e. The lowest BCUT2D eigenvalue weighted by Crippen LogP contribution is -2.38. The molecule has 114 valence electrons. The zero-order valence-corrected chi connectivity index (χ0v) is 14.8. The molecule has 1 aliphatic rings. The highest BCUT2D eigenvalue weighted by molar-refractivity contribution is 8.00. The number of thioether (sulfide) groups is 1. The molecule has 0 spiro atoms. The maximum absolute atomic E-state index is 6.15. The number of rotatable bonds is 3. The van der Waals surface area contributed by atoms with E-state index in [9.17, 15) is 0 Å². The van der Waals surface area contributed by atoms with Crippen LogP contribution in [0.5, 0.6) is 0 Å². The second kappa shape index (κ2) is 5.14. The Morgan fingerprint density at radius 3 is 2.71 bits per heavy atom. The fourth-order valence-electron chi connectivity index (χ4n) is 3.07. The van der Waals surface area contributed by atoms with Crippen molar-refractivity contribution in [3.63, 3.8) is 0 Å². The Kier molecular flexibility index (Phi) is 3.71. The minimum atomic E-state index is -0.156. The van der Waals surface area contributed by atoms with Gasteiger partial charge >= 0.3 is 0 Å². The van der Waals surface area contributed by atoms with Crippen molar-refractivity contribution in [2.45, 2.75) is 55.7 Å². The topological polar surface area (TPSA) is 34.2 Å². The summed E-state index contributed by atoms with van der Waals surface area (Å²) in [6.07, 6.45) is 3.08. The van der Waals surface area contributed by atoms with E-state index in [1.807, 2.05) is 0 Å². The second-order valence-corrected chi connectivity index (χ2v) is 8.82. The number of ether oxygens (including phenoxy) is 1. The van der Waals surface area contributed by atoms with Crippen LogP contribution in [0.4, 0.5) is 5.69 Å². The van der Waals surface area contributed by atoms with Crippen molar-refractivity contribution in [2.75, 3.05) is 11.6 Å². The molecule has 1 aliphatic heterocycles. The SMILES string of the molecule is CSc1nc2ccc(NC3CC(C)(C)OC3(C)C)cc2s1. The first-order valence-electron chi connectivity index (χ1n) is 7.20. The molecule has 0 bridgehead atoms. The number of nitrogens with one attached hydrogen (secondary N) is 1. The van der Waals surface area contributed by atoms with E-state index in [1.165, 1.54) is 4.70 Å². The van der Waals surface area contributed by atoms with Crippen LogP contribution in [0.1, 0.15) is 34.1 Å². The molecule has 5 heteroatoms. The van der Waals surface area contributed by atoms with Gasteiger partial charge in [0.05, 0.1) is 27.5 Å². The molecule has 2 aromatic rings. The van der Waals surface area contributed by atoms with Crippen molar-refractivity contribution in [1.29, 1.82) is 0 Å². The Bertz CT molecular complexity index is 663. The minimum absolute atomic E-state index is 0.0677. The molecule has 0 saturated carbocycles. The lowest BCUT2D eigenvalue weighted by atomic mass is 9.94. The molecule has 0 amide bonds. The summed E-state index contributed by atoms with van der Waals surface area (Å²) < 4.78 is 8.51. The number of fused-ring (bicyclic) bond motifs is 1. The fourth-order valence-corrected chi connectivity index (χ4v) is 4.60. The number of anilines is 1. The van der Waals surface area contributed by atoms with E-state index in [0.29, 0.717) is 6.04 Å². The minimum Gasteiger partial charge on any atom is -0.379 e. The molecule has 1 aromatic carbocycles. The molecule has 1 fully saturated rings. The summed E-state index contributed by atoms with van der Waals surface area (Å²) in [4.78, 5) is 4.58. The van der Waals surface area contributed by atoms with E-state index in [-0.39, 0.29) is 11.2 Å². The summed E-state index contributed by atoms with van der Waals surface area (Å²) >= 11 is 3.45. The van der Waals surface area contributed by atoms with E-state index in [2.05, 4.69) is 62.5 Å². The van der Waals surface area contributed by atoms with Gasteiger partial charge in [-0.3, -0.25) is 0 Å². The van der Waals surface area contributed by atoms with Crippen LogP contribution in [-0.4, -0.2) is 28.5 Å². The summed E-state index contributed by atoms with van der Waals surface area (Å²) in [5, 5.41) is 3.65. The van der Waals surface area contributed by atoms with Gasteiger partial charge in [-0.25, -0.2) is 4.98 Å². The van der Waals surface area contributed by atoms with Crippen LogP contribution >= 0.6 is 23.1 Å². The van der Waals surface area contributed by atoms with Crippen molar-refractivity contribution >= 4 is 39.0 Å². The van der Waals surface area contributed by atoms with Crippen LogP contribution in [0, 0.1) is 0 Å². The predicted octanol–water partition coefficient (Wildman–Crippen LogP) is 4.78. The molecule has 0 radical (unpaired) electrons. The largest absolute Gasteiger partial charge is 0.379 e. The van der Waals surface area contributed by atoms with Gasteiger partial charge in [-0.15, -0.1) is 11.3 Å². The van der Waals surface area contributed by atoms with Crippen LogP contribution in [0.15, 0.2) is 22.5 Å². The molecule has 3 nitrogen and oxygen atoms in total. The second-order valence-electron chi connectivity index (χ2n) is 6.73. The van der Waals surface area contributed by atoms with Crippen molar-refractivity contribution in [3.05, 3.63) is 18.2 Å². The summed E-state index contributed by atoms with van der Waals surface area (Å²) in [7, 11) is 0. The molecule has 0 aliphatic carbocycles. The number of benzene rings is 1. The monoisotopic (exact) mass is 322 g/mol. The first-order chi connectivity index (χ1) is 9.79.